The lowest BCUT2D eigenvalue weighted by Gasteiger charge is -2.54. The Morgan fingerprint density at radius 3 is 2.70 bits per heavy atom. The van der Waals surface area contributed by atoms with Gasteiger partial charge in [0.25, 0.3) is 5.91 Å². The number of hydroxylamine groups is 2. The van der Waals surface area contributed by atoms with E-state index in [2.05, 4.69) is 10.0 Å². The fourth-order valence-electron chi connectivity index (χ4n) is 4.00. The van der Waals surface area contributed by atoms with Crippen LogP contribution in [0.3, 0.4) is 0 Å². The van der Waals surface area contributed by atoms with Gasteiger partial charge < -0.3 is 10.3 Å². The number of fused-ring (bicyclic) bond motifs is 2. The average molecular weight is 434 g/mol. The van der Waals surface area contributed by atoms with Crippen molar-refractivity contribution in [3.63, 3.8) is 0 Å². The summed E-state index contributed by atoms with van der Waals surface area (Å²) in [6.45, 7) is -0.565. The first-order chi connectivity index (χ1) is 14.2. The second-order valence-corrected chi connectivity index (χ2v) is 9.28. The van der Waals surface area contributed by atoms with Crippen molar-refractivity contribution in [1.29, 1.82) is 0 Å². The molecule has 0 spiro atoms. The van der Waals surface area contributed by atoms with Gasteiger partial charge in [-0.15, -0.1) is 0 Å². The second-order valence-electron chi connectivity index (χ2n) is 7.56. The molecule has 2 aliphatic heterocycles. The van der Waals surface area contributed by atoms with E-state index in [-0.39, 0.29) is 31.0 Å². The first-order valence-electron chi connectivity index (χ1n) is 9.55. The van der Waals surface area contributed by atoms with Gasteiger partial charge in [0.1, 0.15) is 19.1 Å². The number of nitrogens with zero attached hydrogens (tertiary/aromatic N) is 2. The van der Waals surface area contributed by atoms with Gasteiger partial charge in [0, 0.05) is 19.4 Å². The van der Waals surface area contributed by atoms with Gasteiger partial charge in [-0.05, 0) is 22.9 Å². The van der Waals surface area contributed by atoms with E-state index in [9.17, 15) is 28.3 Å². The average Bonchev–Trinajstić information content (AvgIpc) is 2.90. The predicted molar refractivity (Wildman–Crippen MR) is 107 cm³/mol. The third kappa shape index (κ3) is 3.66. The number of nitrogens with one attached hydrogen (secondary N) is 2. The van der Waals surface area contributed by atoms with Crippen LogP contribution in [0.25, 0.3) is 10.8 Å². The Balaban J connectivity index is 1.67. The zero-order valence-corrected chi connectivity index (χ0v) is 16.8. The number of amides is 1. The summed E-state index contributed by atoms with van der Waals surface area (Å²) in [5, 5.41) is 28.5. The number of carboxylic acid groups (broad SMARTS) is 1. The Bertz CT molecular complexity index is 1110. The van der Waals surface area contributed by atoms with Crippen LogP contribution >= 0.6 is 0 Å². The third-order valence-electron chi connectivity index (χ3n) is 5.62. The molecule has 0 bridgehead atoms. The van der Waals surface area contributed by atoms with Gasteiger partial charge in [-0.3, -0.25) is 14.9 Å². The number of carbonyl (C=O) groups excluding carboxylic acids is 1. The second kappa shape index (κ2) is 7.60. The summed E-state index contributed by atoms with van der Waals surface area (Å²) in [5.74, 6) is -2.66. The molecular weight excluding hydrogens is 412 g/mol. The molecule has 2 aliphatic rings. The molecule has 3 atom stereocenters. The highest BCUT2D eigenvalue weighted by atomic mass is 32.2. The fraction of sp³-hybridized carbons (Fsp3) is 0.368. The van der Waals surface area contributed by atoms with Crippen molar-refractivity contribution in [2.24, 2.45) is 5.92 Å². The molecular formula is C19H22N4O6S. The summed E-state index contributed by atoms with van der Waals surface area (Å²) in [4.78, 5) is 23.8. The highest BCUT2D eigenvalue weighted by Crippen LogP contribution is 2.30. The topological polar surface area (TPSA) is 139 Å². The number of carboxylic acids is 1. The van der Waals surface area contributed by atoms with E-state index < -0.39 is 45.3 Å². The van der Waals surface area contributed by atoms with Crippen molar-refractivity contribution in [2.45, 2.75) is 23.9 Å². The molecule has 4 rings (SSSR count). The van der Waals surface area contributed by atoms with Crippen LogP contribution in [0, 0.1) is 11.1 Å². The molecule has 1 amide bonds. The van der Waals surface area contributed by atoms with Gasteiger partial charge >= 0.3 is 5.97 Å². The summed E-state index contributed by atoms with van der Waals surface area (Å²) in [5.41, 5.74) is 0. The summed E-state index contributed by atoms with van der Waals surface area (Å²) in [6, 6.07) is 11.9. The summed E-state index contributed by atoms with van der Waals surface area (Å²) < 4.78 is 27.2. The first kappa shape index (κ1) is 20.7. The molecule has 2 unspecified atom stereocenters. The Morgan fingerprint density at radius 2 is 1.97 bits per heavy atom. The summed E-state index contributed by atoms with van der Waals surface area (Å²) >= 11 is 0. The maximum atomic E-state index is 13.7. The van der Waals surface area contributed by atoms with Gasteiger partial charge in [-0.2, -0.15) is 9.73 Å². The van der Waals surface area contributed by atoms with Crippen LogP contribution in [0.15, 0.2) is 47.4 Å². The quantitative estimate of drug-likeness (QED) is 0.472. The normalized spacial score (nSPS) is 27.5. The Hall–Kier alpha value is -2.57. The molecule has 10 nitrogen and oxygen atoms in total. The Labute approximate surface area is 173 Å². The van der Waals surface area contributed by atoms with Gasteiger partial charge in [-0.25, -0.2) is 13.2 Å². The molecule has 2 heterocycles. The largest absolute Gasteiger partial charge is 0.605 e. The number of aliphatic carboxylic acids is 1. The number of hydrogen-bond acceptors (Lipinski definition) is 6. The van der Waals surface area contributed by atoms with Crippen molar-refractivity contribution in [1.82, 2.24) is 15.0 Å². The van der Waals surface area contributed by atoms with Crippen LogP contribution in [-0.4, -0.2) is 61.1 Å². The van der Waals surface area contributed by atoms with Gasteiger partial charge in [0.15, 0.2) is 6.17 Å². The van der Waals surface area contributed by atoms with E-state index >= 15 is 0 Å². The number of benzene rings is 2. The third-order valence-corrected chi connectivity index (χ3v) is 7.08. The van der Waals surface area contributed by atoms with E-state index in [1.807, 2.05) is 12.1 Å². The molecule has 30 heavy (non-hydrogen) atoms. The minimum atomic E-state index is -4.08. The molecule has 0 radical (unpaired) electrons. The molecule has 2 aromatic carbocycles. The number of hydrogen-bond donors (Lipinski definition) is 3. The van der Waals surface area contributed by atoms with Crippen molar-refractivity contribution in [2.75, 3.05) is 19.8 Å². The highest BCUT2D eigenvalue weighted by molar-refractivity contribution is 7.89. The molecule has 0 aliphatic carbocycles. The van der Waals surface area contributed by atoms with E-state index in [4.69, 9.17) is 0 Å². The van der Waals surface area contributed by atoms with Crippen LogP contribution in [-0.2, 0) is 19.6 Å². The lowest BCUT2D eigenvalue weighted by Crippen LogP contribution is -2.71. The molecule has 11 heteroatoms. The first-order valence-corrected chi connectivity index (χ1v) is 11.0. The van der Waals surface area contributed by atoms with Gasteiger partial charge in [0.2, 0.25) is 10.0 Å². The maximum absolute atomic E-state index is 13.7. The fourth-order valence-corrected chi connectivity index (χ4v) is 5.30. The summed E-state index contributed by atoms with van der Waals surface area (Å²) in [6.07, 6.45) is -1.23. The van der Waals surface area contributed by atoms with E-state index in [1.54, 1.807) is 18.2 Å². The van der Waals surface area contributed by atoms with Gasteiger partial charge in [-0.1, -0.05) is 30.3 Å². The molecule has 160 valence electrons. The van der Waals surface area contributed by atoms with Gasteiger partial charge in [0.05, 0.1) is 4.90 Å². The Morgan fingerprint density at radius 1 is 1.23 bits per heavy atom. The SMILES string of the molecule is O=C(O)[C@H]1CNCN2C(=O)CCC(NS(=O)(=O)c3ccc4ccccc4c3)[N+]2([O-])C1. The van der Waals surface area contributed by atoms with Crippen molar-refractivity contribution in [3.8, 4) is 0 Å². The summed E-state index contributed by atoms with van der Waals surface area (Å²) in [7, 11) is -4.08. The van der Waals surface area contributed by atoms with Crippen molar-refractivity contribution < 1.29 is 27.9 Å². The zero-order valence-electron chi connectivity index (χ0n) is 16.0. The lowest BCUT2D eigenvalue weighted by molar-refractivity contribution is -1.01. The molecule has 2 fully saturated rings. The molecule has 0 aromatic heterocycles. The highest BCUT2D eigenvalue weighted by Gasteiger charge is 2.48. The van der Waals surface area contributed by atoms with E-state index in [1.165, 1.54) is 12.1 Å². The van der Waals surface area contributed by atoms with E-state index in [0.29, 0.717) is 0 Å². The maximum Gasteiger partial charge on any atom is 0.313 e. The van der Waals surface area contributed by atoms with Crippen molar-refractivity contribution >= 4 is 32.7 Å². The predicted octanol–water partition coefficient (Wildman–Crippen LogP) is 0.558. The smallest absolute Gasteiger partial charge is 0.313 e. The monoisotopic (exact) mass is 434 g/mol. The Kier molecular flexibility index (Phi) is 5.24. The standard InChI is InChI=1S/C19H22N4O6S/c24-18-8-7-17(23(27)11-15(19(25)26)10-20-12-22(18)23)21-30(28,29)16-6-5-13-3-1-2-4-14(13)9-16/h1-6,9,15,17,20-21H,7-8,10-12H2,(H,25,26)/t15-,17?,23?/m0/s1. The lowest BCUT2D eigenvalue weighted by atomic mass is 10.1. The molecule has 3 N–H and O–H groups in total. The molecule has 2 saturated heterocycles. The van der Waals surface area contributed by atoms with Crippen molar-refractivity contribution in [3.05, 3.63) is 47.7 Å². The number of sulfonamides is 1. The van der Waals surface area contributed by atoms with E-state index in [0.717, 1.165) is 15.8 Å². The zero-order chi connectivity index (χ0) is 21.5. The van der Waals surface area contributed by atoms with Crippen LogP contribution < -0.4 is 10.0 Å². The van der Waals surface area contributed by atoms with Crippen LogP contribution in [0.1, 0.15) is 12.8 Å². The minimum Gasteiger partial charge on any atom is -0.605 e. The molecule has 0 saturated carbocycles. The minimum absolute atomic E-state index is 0.000943. The number of carbonyl (C=O) groups is 2. The van der Waals surface area contributed by atoms with Crippen LogP contribution in [0.2, 0.25) is 0 Å². The number of rotatable bonds is 4. The number of quaternary nitrogens is 1. The van der Waals surface area contributed by atoms with Crippen LogP contribution in [0.4, 0.5) is 0 Å². The molecule has 2 aromatic rings. The van der Waals surface area contributed by atoms with Crippen LogP contribution in [0.5, 0.6) is 0 Å².